The Kier molecular flexibility index (Phi) is 151. The summed E-state index contributed by atoms with van der Waals surface area (Å²) in [6.45, 7) is 0. The third kappa shape index (κ3) is 60.1. The minimum atomic E-state index is 0. The van der Waals surface area contributed by atoms with Crippen LogP contribution in [-0.2, 0) is 49.9 Å². The predicted octanol–water partition coefficient (Wildman–Crippen LogP) is 1.14. The van der Waals surface area contributed by atoms with Crippen LogP contribution in [0.25, 0.3) is 0 Å². The molecule has 0 saturated carbocycles. The van der Waals surface area contributed by atoms with Crippen LogP contribution in [0.2, 0.25) is 0 Å². The summed E-state index contributed by atoms with van der Waals surface area (Å²) in [5, 5.41) is 1.25. The van der Waals surface area contributed by atoms with Gasteiger partial charge in [-0.25, -0.2) is 0 Å². The molecule has 4 N–H and O–H groups in total. The minimum Gasteiger partial charge on any atom is -0.369 e. The standard InChI is InChI=1S/F2O.H3N.Nb.Ta/c1-3-2;;;/h;1H3;;/q;;2*+5/p+1. The Morgan fingerprint density at radius 3 is 1.17 bits per heavy atom. The van der Waals surface area contributed by atoms with Crippen molar-refractivity contribution in [3.05, 3.63) is 0 Å². The van der Waals surface area contributed by atoms with Gasteiger partial charge in [0.1, 0.15) is 0 Å². The van der Waals surface area contributed by atoms with E-state index in [2.05, 4.69) is 0 Å². The molecule has 0 unspecified atom stereocenters. The second-order valence-corrected chi connectivity index (χ2v) is 0.0583. The average Bonchev–Trinajstić information content (AvgIpc) is 0.918. The van der Waals surface area contributed by atoms with Crippen LogP contribution in [0, 0.1) is 0 Å². The van der Waals surface area contributed by atoms with Crippen LogP contribution in [-0.4, -0.2) is 0 Å². The van der Waals surface area contributed by atoms with Crippen molar-refractivity contribution in [2.75, 3.05) is 0 Å². The van der Waals surface area contributed by atoms with E-state index in [-0.39, 0.29) is 50.9 Å². The van der Waals surface area contributed by atoms with Crippen LogP contribution in [0.5, 0.6) is 0 Å². The molecule has 0 radical (unpaired) electrons. The summed E-state index contributed by atoms with van der Waals surface area (Å²) in [7, 11) is 0. The second-order valence-electron chi connectivity index (χ2n) is 0.0583. The van der Waals surface area contributed by atoms with Crippen LogP contribution >= 0.6 is 0 Å². The zero-order valence-corrected chi connectivity index (χ0v) is 8.47. The van der Waals surface area contributed by atoms with Gasteiger partial charge in [-0.2, -0.15) is 0 Å². The molecule has 0 rings (SSSR count). The number of quaternary nitrogens is 1. The molecule has 0 saturated heterocycles. The van der Waals surface area contributed by atoms with Gasteiger partial charge in [0.2, 0.25) is 0 Å². The third-order valence-corrected chi connectivity index (χ3v) is 0. The molecule has 0 spiro atoms. The van der Waals surface area contributed by atoms with Gasteiger partial charge in [0.05, 0.1) is 0 Å². The van der Waals surface area contributed by atoms with Crippen molar-refractivity contribution < 1.29 is 59.0 Å². The van der Waals surface area contributed by atoms with Crippen LogP contribution in [0.4, 0.5) is 9.05 Å². The number of halogens is 2. The Bertz CT molecular complexity index is 13.5. The Balaban J connectivity index is -0.00000000667. The molecule has 0 amide bonds. The summed E-state index contributed by atoms with van der Waals surface area (Å²) in [6, 6.07) is 0. The first-order valence-electron chi connectivity index (χ1n) is 0.309. The topological polar surface area (TPSA) is 45.7 Å². The molecule has 0 aliphatic carbocycles. The van der Waals surface area contributed by atoms with Gasteiger partial charge in [0, 0.05) is 5.15 Å². The normalized spacial score (nSPS) is 3.00. The quantitative estimate of drug-likeness (QED) is 0.658. The summed E-state index contributed by atoms with van der Waals surface area (Å²) < 4.78 is 18.2. The fourth-order valence-corrected chi connectivity index (χ4v) is 0. The third-order valence-electron chi connectivity index (χ3n) is 0. The van der Waals surface area contributed by atoms with E-state index in [1.54, 1.807) is 0 Å². The zero-order chi connectivity index (χ0) is 2.71. The minimum absolute atomic E-state index is 0. The van der Waals surface area contributed by atoms with E-state index in [1.807, 2.05) is 0 Å². The molecule has 0 aliphatic heterocycles. The maximum Gasteiger partial charge on any atom is 5.00 e. The fourth-order valence-electron chi connectivity index (χ4n) is 0. The molecule has 0 fully saturated rings. The van der Waals surface area contributed by atoms with Gasteiger partial charge in [0.15, 0.2) is 0 Å². The van der Waals surface area contributed by atoms with Crippen molar-refractivity contribution >= 4 is 0 Å². The largest absolute Gasteiger partial charge is 5.00 e. The summed E-state index contributed by atoms with van der Waals surface area (Å²) in [4.78, 5) is 0. The van der Waals surface area contributed by atoms with Crippen molar-refractivity contribution in [3.63, 3.8) is 0 Å². The molecule has 0 heterocycles. The van der Waals surface area contributed by atoms with E-state index < -0.39 is 0 Å². The average molecular weight is 346 g/mol. The van der Waals surface area contributed by atoms with Crippen molar-refractivity contribution in [3.8, 4) is 0 Å². The molecular formula is H4F2NNbOTa+11. The Morgan fingerprint density at radius 1 is 1.17 bits per heavy atom. The van der Waals surface area contributed by atoms with E-state index in [4.69, 9.17) is 9.05 Å². The predicted molar refractivity (Wildman–Crippen MR) is 9.29 cm³/mol. The summed E-state index contributed by atoms with van der Waals surface area (Å²) in [6.07, 6.45) is 0. The summed E-state index contributed by atoms with van der Waals surface area (Å²) >= 11 is 0. The van der Waals surface area contributed by atoms with Crippen LogP contribution in [0.1, 0.15) is 0 Å². The van der Waals surface area contributed by atoms with E-state index in [1.165, 1.54) is 5.15 Å². The van der Waals surface area contributed by atoms with Crippen molar-refractivity contribution in [1.29, 1.82) is 0 Å². The maximum atomic E-state index is 9.12. The van der Waals surface area contributed by atoms with Gasteiger partial charge < -0.3 is 6.15 Å². The molecule has 0 atom stereocenters. The maximum absolute atomic E-state index is 9.12. The number of rotatable bonds is 0. The second kappa shape index (κ2) is 33.9. The Morgan fingerprint density at radius 2 is 1.17 bits per heavy atom. The molecular weight excluding hydrogens is 342 g/mol. The van der Waals surface area contributed by atoms with E-state index >= 15 is 0 Å². The molecule has 6 heavy (non-hydrogen) atoms. The van der Waals surface area contributed by atoms with E-state index in [0.29, 0.717) is 0 Å². The van der Waals surface area contributed by atoms with Crippen molar-refractivity contribution in [2.45, 2.75) is 0 Å². The van der Waals surface area contributed by atoms with Crippen LogP contribution in [0.15, 0.2) is 0 Å². The first-order chi connectivity index (χ1) is 1.41. The van der Waals surface area contributed by atoms with Crippen molar-refractivity contribution in [2.24, 2.45) is 0 Å². The van der Waals surface area contributed by atoms with Gasteiger partial charge in [-0.15, -0.1) is 0 Å². The van der Waals surface area contributed by atoms with Gasteiger partial charge in [0.25, 0.3) is 0 Å². The van der Waals surface area contributed by atoms with E-state index in [9.17, 15) is 0 Å². The fraction of sp³-hybridized carbons (Fsp3) is 0. The molecule has 0 aromatic rings. The smallest absolute Gasteiger partial charge is 0.369 e. The van der Waals surface area contributed by atoms with Gasteiger partial charge in [-0.05, 0) is 9.05 Å². The van der Waals surface area contributed by atoms with Gasteiger partial charge in [-0.3, -0.25) is 0 Å². The molecule has 28 valence electrons. The summed E-state index contributed by atoms with van der Waals surface area (Å²) in [5.74, 6) is 0. The Labute approximate surface area is 65.0 Å². The number of hydrogen-bond donors (Lipinski definition) is 1. The monoisotopic (exact) mass is 346 g/mol. The first kappa shape index (κ1) is 26.8. The number of hydrogen-bond acceptors (Lipinski definition) is 1. The molecule has 6 heteroatoms. The zero-order valence-electron chi connectivity index (χ0n) is 3.06. The Hall–Kier alpha value is 1.26. The first-order valence-corrected chi connectivity index (χ1v) is 0.309. The van der Waals surface area contributed by atoms with Gasteiger partial charge in [-0.1, -0.05) is 0 Å². The molecule has 2 nitrogen and oxygen atoms in total. The van der Waals surface area contributed by atoms with Crippen LogP contribution < -0.4 is 6.15 Å². The van der Waals surface area contributed by atoms with Gasteiger partial charge >= 0.3 is 44.8 Å². The molecule has 0 aromatic carbocycles. The molecule has 0 aliphatic rings. The van der Waals surface area contributed by atoms with Crippen LogP contribution in [0.3, 0.4) is 0 Å². The van der Waals surface area contributed by atoms with Crippen molar-refractivity contribution in [1.82, 2.24) is 6.15 Å². The molecule has 0 aromatic heterocycles. The van der Waals surface area contributed by atoms with E-state index in [0.717, 1.165) is 0 Å². The molecule has 0 bridgehead atoms. The SMILES string of the molecule is FOF.[NH4+].[Nb+5].[Ta+5]. The summed E-state index contributed by atoms with van der Waals surface area (Å²) in [5.41, 5.74) is 0.